The molecule has 0 radical (unpaired) electrons. The van der Waals surface area contributed by atoms with Gasteiger partial charge in [0.1, 0.15) is 11.8 Å². The molecule has 5 aromatic rings. The number of nitro benzene ring substituents is 1. The second-order valence-corrected chi connectivity index (χ2v) is 6.37. The fraction of sp³-hybridized carbons (Fsp3) is 0. The Hall–Kier alpha value is -4.33. The lowest BCUT2D eigenvalue weighted by molar-refractivity contribution is -0.384. The average Bonchev–Trinajstić information content (AvgIpc) is 3.41. The van der Waals surface area contributed by atoms with Gasteiger partial charge >= 0.3 is 0 Å². The molecule has 8 heteroatoms. The number of fused-ring (bicyclic) bond motifs is 1. The van der Waals surface area contributed by atoms with E-state index in [4.69, 9.17) is 4.42 Å². The summed E-state index contributed by atoms with van der Waals surface area (Å²) in [5.74, 6) is 1.12. The Morgan fingerprint density at radius 2 is 1.72 bits per heavy atom. The summed E-state index contributed by atoms with van der Waals surface area (Å²) in [6, 6.07) is 21.5. The average molecular weight is 383 g/mol. The van der Waals surface area contributed by atoms with E-state index in [1.54, 1.807) is 23.0 Å². The Labute approximate surface area is 164 Å². The van der Waals surface area contributed by atoms with Gasteiger partial charge in [-0.05, 0) is 36.4 Å². The molecule has 140 valence electrons. The van der Waals surface area contributed by atoms with Crippen molar-refractivity contribution in [1.29, 1.82) is 0 Å². The van der Waals surface area contributed by atoms with Crippen LogP contribution >= 0.6 is 0 Å². The van der Waals surface area contributed by atoms with Gasteiger partial charge in [0, 0.05) is 29.3 Å². The molecule has 0 atom stereocenters. The summed E-state index contributed by atoms with van der Waals surface area (Å²) < 4.78 is 7.74. The molecule has 0 N–H and O–H groups in total. The lowest BCUT2D eigenvalue weighted by Gasteiger charge is -2.06. The highest BCUT2D eigenvalue weighted by molar-refractivity contribution is 5.78. The maximum Gasteiger partial charge on any atom is 0.269 e. The first-order valence-corrected chi connectivity index (χ1v) is 8.80. The molecule has 0 unspecified atom stereocenters. The van der Waals surface area contributed by atoms with Crippen LogP contribution in [0.15, 0.2) is 83.5 Å². The number of hydrogen-bond donors (Lipinski definition) is 0. The number of benzene rings is 3. The number of non-ortho nitro benzene ring substituents is 1. The minimum absolute atomic E-state index is 0.0244. The van der Waals surface area contributed by atoms with Crippen LogP contribution in [0.3, 0.4) is 0 Å². The van der Waals surface area contributed by atoms with Crippen LogP contribution in [0.5, 0.6) is 0 Å². The van der Waals surface area contributed by atoms with Crippen LogP contribution < -0.4 is 0 Å². The van der Waals surface area contributed by atoms with Crippen molar-refractivity contribution in [2.45, 2.75) is 0 Å². The van der Waals surface area contributed by atoms with Crippen LogP contribution in [-0.4, -0.2) is 24.7 Å². The van der Waals surface area contributed by atoms with Crippen molar-refractivity contribution < 1.29 is 9.34 Å². The van der Waals surface area contributed by atoms with E-state index in [0.29, 0.717) is 17.3 Å². The number of nitrogens with zero attached hydrogens (tertiary/aromatic N) is 5. The zero-order valence-electron chi connectivity index (χ0n) is 15.0. The van der Waals surface area contributed by atoms with Crippen molar-refractivity contribution in [3.05, 3.63) is 89.2 Å². The first kappa shape index (κ1) is 16.8. The quantitative estimate of drug-likeness (QED) is 0.331. The zero-order valence-corrected chi connectivity index (χ0v) is 15.0. The van der Waals surface area contributed by atoms with Gasteiger partial charge in [-0.2, -0.15) is 0 Å². The molecule has 2 heterocycles. The maximum atomic E-state index is 10.9. The summed E-state index contributed by atoms with van der Waals surface area (Å²) in [5.41, 5.74) is 3.84. The SMILES string of the molecule is O=[N+]([O-])c1ccc(-c2nncn2-c2ccc3nc(-c4ccccc4)oc3c2)cc1. The van der Waals surface area contributed by atoms with Gasteiger partial charge in [0.15, 0.2) is 11.4 Å². The van der Waals surface area contributed by atoms with E-state index in [1.165, 1.54) is 12.1 Å². The van der Waals surface area contributed by atoms with Crippen molar-refractivity contribution >= 4 is 16.8 Å². The molecule has 0 saturated heterocycles. The monoisotopic (exact) mass is 383 g/mol. The van der Waals surface area contributed by atoms with Gasteiger partial charge in [-0.15, -0.1) is 10.2 Å². The van der Waals surface area contributed by atoms with Gasteiger partial charge in [-0.3, -0.25) is 14.7 Å². The topological polar surface area (TPSA) is 99.9 Å². The molecule has 0 amide bonds. The Morgan fingerprint density at radius 3 is 2.48 bits per heavy atom. The summed E-state index contributed by atoms with van der Waals surface area (Å²) in [4.78, 5) is 15.0. The lowest BCUT2D eigenvalue weighted by Crippen LogP contribution is -1.96. The summed E-state index contributed by atoms with van der Waals surface area (Å²) >= 11 is 0. The second kappa shape index (κ2) is 6.68. The molecule has 0 bridgehead atoms. The van der Waals surface area contributed by atoms with E-state index in [1.807, 2.05) is 48.5 Å². The van der Waals surface area contributed by atoms with Gasteiger partial charge in [0.05, 0.1) is 10.6 Å². The molecule has 0 fully saturated rings. The maximum absolute atomic E-state index is 10.9. The summed E-state index contributed by atoms with van der Waals surface area (Å²) in [6.07, 6.45) is 1.59. The molecule has 29 heavy (non-hydrogen) atoms. The standard InChI is InChI=1S/C21H13N5O3/c27-26(28)16-8-6-14(7-9-16)20-24-22-13-25(20)17-10-11-18-19(12-17)29-21(23-18)15-4-2-1-3-5-15/h1-13H. The molecular formula is C21H13N5O3. The minimum Gasteiger partial charge on any atom is -0.436 e. The number of aromatic nitrogens is 4. The minimum atomic E-state index is -0.434. The van der Waals surface area contributed by atoms with Gasteiger partial charge < -0.3 is 4.42 Å². The Morgan fingerprint density at radius 1 is 0.931 bits per heavy atom. The summed E-state index contributed by atoms with van der Waals surface area (Å²) in [7, 11) is 0. The van der Waals surface area contributed by atoms with Crippen molar-refractivity contribution in [2.24, 2.45) is 0 Å². The molecule has 0 spiro atoms. The van der Waals surface area contributed by atoms with E-state index < -0.39 is 4.92 Å². The molecule has 2 aromatic heterocycles. The van der Waals surface area contributed by atoms with E-state index in [-0.39, 0.29) is 5.69 Å². The van der Waals surface area contributed by atoms with Gasteiger partial charge in [-0.1, -0.05) is 18.2 Å². The number of nitro groups is 1. The Bertz CT molecular complexity index is 1320. The molecule has 3 aromatic carbocycles. The molecule has 0 saturated carbocycles. The number of hydrogen-bond acceptors (Lipinski definition) is 6. The van der Waals surface area contributed by atoms with Crippen LogP contribution in [0.4, 0.5) is 5.69 Å². The molecule has 8 nitrogen and oxygen atoms in total. The van der Waals surface area contributed by atoms with Gasteiger partial charge in [0.25, 0.3) is 5.69 Å². The third-order valence-electron chi connectivity index (χ3n) is 4.56. The molecule has 0 aliphatic rings. The summed E-state index contributed by atoms with van der Waals surface area (Å²) in [6.45, 7) is 0. The molecule has 5 rings (SSSR count). The highest BCUT2D eigenvalue weighted by atomic mass is 16.6. The highest BCUT2D eigenvalue weighted by Crippen LogP contribution is 2.28. The van der Waals surface area contributed by atoms with E-state index >= 15 is 0 Å². The smallest absolute Gasteiger partial charge is 0.269 e. The Kier molecular flexibility index (Phi) is 3.87. The Balaban J connectivity index is 1.55. The predicted octanol–water partition coefficient (Wildman–Crippen LogP) is 4.65. The molecule has 0 aliphatic heterocycles. The third kappa shape index (κ3) is 3.02. The van der Waals surface area contributed by atoms with E-state index in [2.05, 4.69) is 15.2 Å². The summed E-state index contributed by atoms with van der Waals surface area (Å²) in [5, 5.41) is 19.0. The van der Waals surface area contributed by atoms with Gasteiger partial charge in [-0.25, -0.2) is 4.98 Å². The van der Waals surface area contributed by atoms with Crippen LogP contribution in [0.2, 0.25) is 0 Å². The van der Waals surface area contributed by atoms with Crippen molar-refractivity contribution in [3.63, 3.8) is 0 Å². The fourth-order valence-electron chi connectivity index (χ4n) is 3.12. The van der Waals surface area contributed by atoms with Crippen LogP contribution in [0.1, 0.15) is 0 Å². The van der Waals surface area contributed by atoms with Crippen LogP contribution in [0.25, 0.3) is 39.6 Å². The van der Waals surface area contributed by atoms with Gasteiger partial charge in [0.2, 0.25) is 5.89 Å². The fourth-order valence-corrected chi connectivity index (χ4v) is 3.12. The second-order valence-electron chi connectivity index (χ2n) is 6.37. The third-order valence-corrected chi connectivity index (χ3v) is 4.56. The molecule has 0 aliphatic carbocycles. The number of rotatable bonds is 4. The van der Waals surface area contributed by atoms with Crippen molar-refractivity contribution in [1.82, 2.24) is 19.7 Å². The first-order chi connectivity index (χ1) is 14.2. The largest absolute Gasteiger partial charge is 0.436 e. The number of oxazole rings is 1. The zero-order chi connectivity index (χ0) is 19.8. The highest BCUT2D eigenvalue weighted by Gasteiger charge is 2.14. The van der Waals surface area contributed by atoms with Crippen molar-refractivity contribution in [3.8, 4) is 28.5 Å². The molecular weight excluding hydrogens is 370 g/mol. The van der Waals surface area contributed by atoms with Crippen LogP contribution in [-0.2, 0) is 0 Å². The first-order valence-electron chi connectivity index (χ1n) is 8.80. The van der Waals surface area contributed by atoms with Crippen molar-refractivity contribution in [2.75, 3.05) is 0 Å². The predicted molar refractivity (Wildman–Crippen MR) is 106 cm³/mol. The normalized spacial score (nSPS) is 11.0. The lowest BCUT2D eigenvalue weighted by atomic mass is 10.2. The van der Waals surface area contributed by atoms with Crippen LogP contribution in [0, 0.1) is 10.1 Å². The van der Waals surface area contributed by atoms with E-state index in [9.17, 15) is 10.1 Å². The van der Waals surface area contributed by atoms with E-state index in [0.717, 1.165) is 22.3 Å².